The zero-order valence-electron chi connectivity index (χ0n) is 11.6. The van der Waals surface area contributed by atoms with Crippen molar-refractivity contribution < 1.29 is 13.9 Å². The minimum atomic E-state index is -0.705. The van der Waals surface area contributed by atoms with E-state index < -0.39 is 11.8 Å². The molecule has 0 spiro atoms. The maximum atomic E-state index is 13.6. The van der Waals surface area contributed by atoms with E-state index in [1.807, 2.05) is 13.8 Å². The lowest BCUT2D eigenvalue weighted by molar-refractivity contribution is 0.0722. The normalized spacial score (nSPS) is 10.5. The molecule has 0 bridgehead atoms. The number of rotatable bonds is 4. The van der Waals surface area contributed by atoms with Crippen molar-refractivity contribution in [2.24, 2.45) is 0 Å². The number of halogens is 2. The van der Waals surface area contributed by atoms with Gasteiger partial charge in [0.25, 0.3) is 0 Å². The quantitative estimate of drug-likeness (QED) is 0.666. The van der Waals surface area contributed by atoms with Crippen LogP contribution < -0.4 is 10.1 Å². The molecule has 0 amide bonds. The van der Waals surface area contributed by atoms with Crippen molar-refractivity contribution in [1.82, 2.24) is 4.98 Å². The number of benzene rings is 1. The summed E-state index contributed by atoms with van der Waals surface area (Å²) in [6.07, 6.45) is 0. The Morgan fingerprint density at radius 3 is 2.76 bits per heavy atom. The summed E-state index contributed by atoms with van der Waals surface area (Å²) in [4.78, 5) is 16.1. The minimum absolute atomic E-state index is 0.114. The summed E-state index contributed by atoms with van der Waals surface area (Å²) in [5, 5.41) is 3.08. The van der Waals surface area contributed by atoms with Gasteiger partial charge in [-0.05, 0) is 44.2 Å². The van der Waals surface area contributed by atoms with Crippen LogP contribution in [0.15, 0.2) is 40.9 Å². The number of pyridine rings is 1. The molecule has 2 aromatic rings. The summed E-state index contributed by atoms with van der Waals surface area (Å²) in [5.41, 5.74) is 0.114. The number of aromatic nitrogens is 1. The number of hydrogen-bond acceptors (Lipinski definition) is 4. The molecule has 0 fully saturated rings. The van der Waals surface area contributed by atoms with Crippen molar-refractivity contribution in [2.45, 2.75) is 19.9 Å². The zero-order valence-corrected chi connectivity index (χ0v) is 13.1. The summed E-state index contributed by atoms with van der Waals surface area (Å²) in [6, 6.07) is 9.34. The number of esters is 1. The first kappa shape index (κ1) is 15.4. The van der Waals surface area contributed by atoms with Gasteiger partial charge in [0.05, 0.1) is 0 Å². The average Bonchev–Trinajstić information content (AvgIpc) is 2.41. The Morgan fingerprint density at radius 1 is 1.33 bits per heavy atom. The lowest BCUT2D eigenvalue weighted by Gasteiger charge is -2.10. The maximum absolute atomic E-state index is 13.6. The molecule has 6 heteroatoms. The summed E-state index contributed by atoms with van der Waals surface area (Å²) >= 11 is 3.14. The first-order chi connectivity index (χ1) is 9.95. The lowest BCUT2D eigenvalue weighted by atomic mass is 10.3. The van der Waals surface area contributed by atoms with Crippen LogP contribution in [0.1, 0.15) is 24.3 Å². The third-order valence-corrected chi connectivity index (χ3v) is 2.98. The van der Waals surface area contributed by atoms with Gasteiger partial charge < -0.3 is 10.1 Å². The van der Waals surface area contributed by atoms with Crippen LogP contribution in [-0.4, -0.2) is 17.0 Å². The van der Waals surface area contributed by atoms with Gasteiger partial charge in [-0.15, -0.1) is 0 Å². The molecule has 0 saturated heterocycles. The highest BCUT2D eigenvalue weighted by atomic mass is 79.9. The zero-order chi connectivity index (χ0) is 15.4. The molecule has 0 aliphatic carbocycles. The molecule has 0 unspecified atom stereocenters. The predicted molar refractivity (Wildman–Crippen MR) is 82.1 cm³/mol. The second kappa shape index (κ2) is 6.67. The molecule has 1 aromatic heterocycles. The summed E-state index contributed by atoms with van der Waals surface area (Å²) in [5.74, 6) is -0.888. The van der Waals surface area contributed by atoms with Crippen molar-refractivity contribution in [2.75, 3.05) is 5.32 Å². The lowest BCUT2D eigenvalue weighted by Crippen LogP contribution is -2.15. The molecule has 0 aliphatic heterocycles. The highest BCUT2D eigenvalue weighted by molar-refractivity contribution is 9.10. The monoisotopic (exact) mass is 352 g/mol. The number of nitrogens with zero attached hydrogens (tertiary/aromatic N) is 1. The molecule has 1 heterocycles. The Labute approximate surface area is 130 Å². The van der Waals surface area contributed by atoms with E-state index in [0.717, 1.165) is 0 Å². The number of carbonyl (C=O) groups is 1. The second-order valence-corrected chi connectivity index (χ2v) is 5.59. The van der Waals surface area contributed by atoms with Gasteiger partial charge in [0.1, 0.15) is 5.82 Å². The van der Waals surface area contributed by atoms with Gasteiger partial charge in [-0.25, -0.2) is 14.2 Å². The molecule has 4 nitrogen and oxygen atoms in total. The number of nitrogens with one attached hydrogen (secondary N) is 1. The number of ether oxygens (including phenoxy) is 1. The van der Waals surface area contributed by atoms with E-state index in [1.165, 1.54) is 18.2 Å². The minimum Gasteiger partial charge on any atom is -0.419 e. The molecule has 2 rings (SSSR count). The molecule has 0 radical (unpaired) electrons. The van der Waals surface area contributed by atoms with Crippen molar-refractivity contribution in [3.05, 3.63) is 52.4 Å². The number of hydrogen-bond donors (Lipinski definition) is 1. The van der Waals surface area contributed by atoms with E-state index >= 15 is 0 Å². The third kappa shape index (κ3) is 4.26. The largest absolute Gasteiger partial charge is 0.419 e. The fraction of sp³-hybridized carbons (Fsp3) is 0.200. The van der Waals surface area contributed by atoms with E-state index in [1.54, 1.807) is 18.2 Å². The molecule has 0 aliphatic rings. The first-order valence-corrected chi connectivity index (χ1v) is 7.16. The van der Waals surface area contributed by atoms with Crippen molar-refractivity contribution in [1.29, 1.82) is 0 Å². The Bertz CT molecular complexity index is 662. The Balaban J connectivity index is 2.16. The van der Waals surface area contributed by atoms with Gasteiger partial charge in [-0.2, -0.15) is 0 Å². The Hall–Kier alpha value is -1.95. The van der Waals surface area contributed by atoms with Crippen LogP contribution in [0.5, 0.6) is 5.75 Å². The van der Waals surface area contributed by atoms with Crippen molar-refractivity contribution >= 4 is 27.7 Å². The van der Waals surface area contributed by atoms with Crippen LogP contribution in [0.25, 0.3) is 0 Å². The molecule has 0 saturated carbocycles. The van der Waals surface area contributed by atoms with Crippen LogP contribution in [-0.2, 0) is 0 Å². The third-order valence-electron chi connectivity index (χ3n) is 2.49. The fourth-order valence-electron chi connectivity index (χ4n) is 1.63. The van der Waals surface area contributed by atoms with E-state index in [0.29, 0.717) is 10.3 Å². The summed E-state index contributed by atoms with van der Waals surface area (Å²) in [6.45, 7) is 3.92. The van der Waals surface area contributed by atoms with E-state index in [-0.39, 0.29) is 17.5 Å². The van der Waals surface area contributed by atoms with Gasteiger partial charge in [-0.3, -0.25) is 0 Å². The molecule has 1 aromatic carbocycles. The maximum Gasteiger partial charge on any atom is 0.362 e. The van der Waals surface area contributed by atoms with Crippen LogP contribution in [0.2, 0.25) is 0 Å². The van der Waals surface area contributed by atoms with Gasteiger partial charge in [0.2, 0.25) is 0 Å². The fourth-order valence-corrected chi connectivity index (χ4v) is 1.97. The van der Waals surface area contributed by atoms with Gasteiger partial charge in [-0.1, -0.05) is 22.0 Å². The van der Waals surface area contributed by atoms with Crippen LogP contribution in [0, 0.1) is 5.82 Å². The molecule has 110 valence electrons. The molecule has 21 heavy (non-hydrogen) atoms. The van der Waals surface area contributed by atoms with Crippen molar-refractivity contribution in [3.8, 4) is 5.75 Å². The van der Waals surface area contributed by atoms with Gasteiger partial charge >= 0.3 is 5.97 Å². The smallest absolute Gasteiger partial charge is 0.362 e. The average molecular weight is 353 g/mol. The Kier molecular flexibility index (Phi) is 4.90. The summed E-state index contributed by atoms with van der Waals surface area (Å²) in [7, 11) is 0. The van der Waals surface area contributed by atoms with Crippen LogP contribution in [0.4, 0.5) is 10.2 Å². The molecule has 1 N–H and O–H groups in total. The van der Waals surface area contributed by atoms with Crippen molar-refractivity contribution in [3.63, 3.8) is 0 Å². The predicted octanol–water partition coefficient (Wildman–Crippen LogP) is 4.02. The molecular weight excluding hydrogens is 339 g/mol. The van der Waals surface area contributed by atoms with E-state index in [4.69, 9.17) is 4.74 Å². The van der Waals surface area contributed by atoms with Gasteiger partial charge in [0, 0.05) is 10.5 Å². The molecule has 0 atom stereocenters. The number of anilines is 1. The second-order valence-electron chi connectivity index (χ2n) is 4.67. The molecular formula is C15H14BrFN2O2. The van der Waals surface area contributed by atoms with Crippen LogP contribution >= 0.6 is 15.9 Å². The van der Waals surface area contributed by atoms with Gasteiger partial charge in [0.15, 0.2) is 17.3 Å². The SMILES string of the molecule is CC(C)Nc1cccc(C(=O)Oc2ccc(Br)cc2F)n1. The standard InChI is InChI=1S/C15H14BrFN2O2/c1-9(2)18-14-5-3-4-12(19-14)15(20)21-13-7-6-10(16)8-11(13)17/h3-9H,1-2H3,(H,18,19). The van der Waals surface area contributed by atoms with Crippen LogP contribution in [0.3, 0.4) is 0 Å². The van der Waals surface area contributed by atoms with E-state index in [9.17, 15) is 9.18 Å². The Morgan fingerprint density at radius 2 is 2.10 bits per heavy atom. The van der Waals surface area contributed by atoms with E-state index in [2.05, 4.69) is 26.2 Å². The highest BCUT2D eigenvalue weighted by Crippen LogP contribution is 2.22. The topological polar surface area (TPSA) is 51.2 Å². The number of carbonyl (C=O) groups excluding carboxylic acids is 1. The first-order valence-electron chi connectivity index (χ1n) is 6.36. The highest BCUT2D eigenvalue weighted by Gasteiger charge is 2.14. The summed E-state index contributed by atoms with van der Waals surface area (Å²) < 4.78 is 19.2.